The third-order valence-electron chi connectivity index (χ3n) is 3.89. The van der Waals surface area contributed by atoms with Crippen LogP contribution in [0.25, 0.3) is 5.69 Å². The van der Waals surface area contributed by atoms with Crippen molar-refractivity contribution in [2.45, 2.75) is 13.5 Å². The van der Waals surface area contributed by atoms with Crippen molar-refractivity contribution in [1.82, 2.24) is 30.0 Å². The van der Waals surface area contributed by atoms with Gasteiger partial charge in [-0.15, -0.1) is 5.10 Å². The molecule has 23 heavy (non-hydrogen) atoms. The van der Waals surface area contributed by atoms with Gasteiger partial charge in [-0.1, -0.05) is 24.3 Å². The maximum absolute atomic E-state index is 11.8. The first kappa shape index (κ1) is 15.4. The molecule has 0 atom stereocenters. The average molecular weight is 312 g/mol. The fourth-order valence-corrected chi connectivity index (χ4v) is 2.65. The predicted molar refractivity (Wildman–Crippen MR) is 85.8 cm³/mol. The van der Waals surface area contributed by atoms with E-state index >= 15 is 0 Å². The molecule has 1 aliphatic heterocycles. The molecule has 0 bridgehead atoms. The number of hydrogen-bond acceptors (Lipinski definition) is 5. The van der Waals surface area contributed by atoms with Crippen molar-refractivity contribution in [3.63, 3.8) is 0 Å². The van der Waals surface area contributed by atoms with E-state index in [0.29, 0.717) is 6.54 Å². The number of tetrazole rings is 1. The minimum atomic E-state index is 0.0845. The zero-order valence-corrected chi connectivity index (χ0v) is 13.2. The number of rotatable bonds is 4. The fourth-order valence-electron chi connectivity index (χ4n) is 2.65. The molecule has 7 heteroatoms. The molecule has 2 heterocycles. The topological polar surface area (TPSA) is 67.2 Å². The summed E-state index contributed by atoms with van der Waals surface area (Å²) in [6.45, 7) is 5.65. The Morgan fingerprint density at radius 2 is 1.91 bits per heavy atom. The molecule has 120 valence electrons. The molecule has 1 amide bonds. The van der Waals surface area contributed by atoms with Crippen molar-refractivity contribution < 1.29 is 4.79 Å². The van der Waals surface area contributed by atoms with Gasteiger partial charge < -0.3 is 4.90 Å². The van der Waals surface area contributed by atoms with Crippen LogP contribution in [-0.2, 0) is 11.3 Å². The summed E-state index contributed by atoms with van der Waals surface area (Å²) in [5.41, 5.74) is 0.953. The smallest absolute Gasteiger partial charge is 0.246 e. The SMILES string of the molecule is C/C=C\C(=O)N1CCN(Cc2nnnn2-c2ccccc2)CC1. The van der Waals surface area contributed by atoms with E-state index in [0.717, 1.165) is 37.7 Å². The summed E-state index contributed by atoms with van der Waals surface area (Å²) >= 11 is 0. The molecule has 0 saturated carbocycles. The lowest BCUT2D eigenvalue weighted by Crippen LogP contribution is -2.48. The van der Waals surface area contributed by atoms with Gasteiger partial charge in [0, 0.05) is 26.2 Å². The van der Waals surface area contributed by atoms with Crippen LogP contribution in [-0.4, -0.2) is 62.1 Å². The summed E-state index contributed by atoms with van der Waals surface area (Å²) in [5.74, 6) is 0.894. The van der Waals surface area contributed by atoms with Gasteiger partial charge in [0.2, 0.25) is 5.91 Å². The quantitative estimate of drug-likeness (QED) is 0.784. The summed E-state index contributed by atoms with van der Waals surface area (Å²) in [5, 5.41) is 12.0. The number of para-hydroxylation sites is 1. The van der Waals surface area contributed by atoms with Crippen LogP contribution in [0.1, 0.15) is 12.7 Å². The number of benzene rings is 1. The van der Waals surface area contributed by atoms with Gasteiger partial charge >= 0.3 is 0 Å². The molecular formula is C16H20N6O. The van der Waals surface area contributed by atoms with Gasteiger partial charge in [0.1, 0.15) is 0 Å². The summed E-state index contributed by atoms with van der Waals surface area (Å²) in [6, 6.07) is 9.86. The van der Waals surface area contributed by atoms with Crippen molar-refractivity contribution in [2.75, 3.05) is 26.2 Å². The Hall–Kier alpha value is -2.54. The van der Waals surface area contributed by atoms with E-state index in [2.05, 4.69) is 20.4 Å². The zero-order chi connectivity index (χ0) is 16.1. The zero-order valence-electron chi connectivity index (χ0n) is 13.2. The van der Waals surface area contributed by atoms with E-state index in [1.807, 2.05) is 42.2 Å². The monoisotopic (exact) mass is 312 g/mol. The number of allylic oxidation sites excluding steroid dienone is 1. The molecule has 0 N–H and O–H groups in total. The maximum Gasteiger partial charge on any atom is 0.246 e. The van der Waals surface area contributed by atoms with Crippen LogP contribution in [0.2, 0.25) is 0 Å². The number of aromatic nitrogens is 4. The van der Waals surface area contributed by atoms with Crippen molar-refractivity contribution in [3.05, 3.63) is 48.3 Å². The van der Waals surface area contributed by atoms with Crippen LogP contribution in [0.15, 0.2) is 42.5 Å². The van der Waals surface area contributed by atoms with E-state index in [-0.39, 0.29) is 5.91 Å². The third kappa shape index (κ3) is 3.62. The Morgan fingerprint density at radius 1 is 1.17 bits per heavy atom. The van der Waals surface area contributed by atoms with E-state index in [1.54, 1.807) is 16.8 Å². The van der Waals surface area contributed by atoms with E-state index < -0.39 is 0 Å². The van der Waals surface area contributed by atoms with E-state index in [9.17, 15) is 4.79 Å². The molecular weight excluding hydrogens is 292 g/mol. The third-order valence-corrected chi connectivity index (χ3v) is 3.89. The van der Waals surface area contributed by atoms with Gasteiger partial charge in [-0.2, -0.15) is 4.68 Å². The molecule has 0 spiro atoms. The molecule has 1 aromatic heterocycles. The average Bonchev–Trinajstić information content (AvgIpc) is 3.05. The highest BCUT2D eigenvalue weighted by Crippen LogP contribution is 2.11. The van der Waals surface area contributed by atoms with Crippen molar-refractivity contribution >= 4 is 5.91 Å². The molecule has 3 rings (SSSR count). The van der Waals surface area contributed by atoms with Gasteiger partial charge in [0.15, 0.2) is 5.82 Å². The summed E-state index contributed by atoms with van der Waals surface area (Å²) < 4.78 is 1.76. The van der Waals surface area contributed by atoms with Crippen LogP contribution in [0.5, 0.6) is 0 Å². The highest BCUT2D eigenvalue weighted by Gasteiger charge is 2.21. The normalized spacial score (nSPS) is 16.1. The standard InChI is InChI=1S/C16H20N6O/c1-2-6-16(23)21-11-9-20(10-12-21)13-15-17-18-19-22(15)14-7-4-3-5-8-14/h2-8H,9-13H2,1H3/b6-2-. The van der Waals surface area contributed by atoms with Crippen LogP contribution in [0, 0.1) is 0 Å². The highest BCUT2D eigenvalue weighted by molar-refractivity contribution is 5.87. The number of carbonyl (C=O) groups excluding carboxylic acids is 1. The van der Waals surface area contributed by atoms with E-state index in [1.165, 1.54) is 0 Å². The molecule has 2 aromatic rings. The Balaban J connectivity index is 1.62. The lowest BCUT2D eigenvalue weighted by molar-refractivity contribution is -0.127. The summed E-state index contributed by atoms with van der Waals surface area (Å²) in [7, 11) is 0. The number of carbonyl (C=O) groups is 1. The Kier molecular flexibility index (Phi) is 4.77. The largest absolute Gasteiger partial charge is 0.337 e. The van der Waals surface area contributed by atoms with Crippen molar-refractivity contribution in [2.24, 2.45) is 0 Å². The Bertz CT molecular complexity index is 673. The maximum atomic E-state index is 11.8. The second-order valence-electron chi connectivity index (χ2n) is 5.44. The van der Waals surface area contributed by atoms with Crippen LogP contribution < -0.4 is 0 Å². The number of amides is 1. The van der Waals surface area contributed by atoms with Crippen LogP contribution in [0.3, 0.4) is 0 Å². The van der Waals surface area contributed by atoms with Gasteiger partial charge in [-0.05, 0) is 35.6 Å². The molecule has 1 fully saturated rings. The van der Waals surface area contributed by atoms with Gasteiger partial charge in [0.05, 0.1) is 12.2 Å². The summed E-state index contributed by atoms with van der Waals surface area (Å²) in [4.78, 5) is 16.0. The lowest BCUT2D eigenvalue weighted by Gasteiger charge is -2.33. The van der Waals surface area contributed by atoms with Gasteiger partial charge in [-0.25, -0.2) is 0 Å². The highest BCUT2D eigenvalue weighted by atomic mass is 16.2. The van der Waals surface area contributed by atoms with Crippen molar-refractivity contribution in [3.8, 4) is 5.69 Å². The first-order valence-corrected chi connectivity index (χ1v) is 7.74. The van der Waals surface area contributed by atoms with Gasteiger partial charge in [-0.3, -0.25) is 9.69 Å². The van der Waals surface area contributed by atoms with Crippen LogP contribution >= 0.6 is 0 Å². The Morgan fingerprint density at radius 3 is 2.61 bits per heavy atom. The number of nitrogens with zero attached hydrogens (tertiary/aromatic N) is 6. The minimum absolute atomic E-state index is 0.0845. The summed E-state index contributed by atoms with van der Waals surface area (Å²) in [6.07, 6.45) is 3.40. The Labute approximate surface area is 135 Å². The molecule has 1 aromatic carbocycles. The van der Waals surface area contributed by atoms with Crippen LogP contribution in [0.4, 0.5) is 0 Å². The molecule has 0 radical (unpaired) electrons. The number of piperazine rings is 1. The molecule has 1 saturated heterocycles. The number of hydrogen-bond donors (Lipinski definition) is 0. The molecule has 7 nitrogen and oxygen atoms in total. The minimum Gasteiger partial charge on any atom is -0.337 e. The molecule has 0 aliphatic carbocycles. The van der Waals surface area contributed by atoms with Gasteiger partial charge in [0.25, 0.3) is 0 Å². The fraction of sp³-hybridized carbons (Fsp3) is 0.375. The first-order chi connectivity index (χ1) is 11.3. The molecule has 0 unspecified atom stereocenters. The second kappa shape index (κ2) is 7.15. The molecule has 1 aliphatic rings. The second-order valence-corrected chi connectivity index (χ2v) is 5.44. The van der Waals surface area contributed by atoms with Crippen molar-refractivity contribution in [1.29, 1.82) is 0 Å². The van der Waals surface area contributed by atoms with E-state index in [4.69, 9.17) is 0 Å². The first-order valence-electron chi connectivity index (χ1n) is 7.74. The lowest BCUT2D eigenvalue weighted by atomic mass is 10.3. The predicted octanol–water partition coefficient (Wildman–Crippen LogP) is 0.883.